The summed E-state index contributed by atoms with van der Waals surface area (Å²) >= 11 is 11.9. The maximum absolute atomic E-state index is 11.5. The molecular weight excluding hydrogens is 361 g/mol. The molecule has 2 rings (SSSR count). The van der Waals surface area contributed by atoms with Crippen LogP contribution in [-0.4, -0.2) is 24.1 Å². The molecule has 0 amide bonds. The van der Waals surface area contributed by atoms with Gasteiger partial charge < -0.3 is 13.9 Å². The molecule has 0 spiro atoms. The molecule has 1 aromatic heterocycles. The average molecular weight is 372 g/mol. The van der Waals surface area contributed by atoms with Crippen molar-refractivity contribution in [2.75, 3.05) is 13.2 Å². The minimum atomic E-state index is -0.674. The van der Waals surface area contributed by atoms with E-state index in [1.54, 1.807) is 18.2 Å². The minimum Gasteiger partial charge on any atom is -0.487 e. The molecule has 24 heavy (non-hydrogen) atoms. The number of carbonyl (C=O) groups is 1. The van der Waals surface area contributed by atoms with Crippen LogP contribution in [0, 0.1) is 10.1 Å². The predicted molar refractivity (Wildman–Crippen MR) is 87.3 cm³/mol. The van der Waals surface area contributed by atoms with Gasteiger partial charge in [-0.15, -0.1) is 0 Å². The molecular formula is C15H11Cl2NO6. The van der Waals surface area contributed by atoms with E-state index < -0.39 is 16.8 Å². The lowest BCUT2D eigenvalue weighted by Gasteiger charge is -2.09. The summed E-state index contributed by atoms with van der Waals surface area (Å²) in [5, 5.41) is 11.2. The third kappa shape index (κ3) is 5.00. The molecule has 0 atom stereocenters. The van der Waals surface area contributed by atoms with Crippen LogP contribution in [0.1, 0.15) is 5.76 Å². The molecule has 0 saturated heterocycles. The number of nitrogens with zero attached hydrogens (tertiary/aromatic N) is 1. The van der Waals surface area contributed by atoms with Crippen LogP contribution in [-0.2, 0) is 9.53 Å². The number of hydrogen-bond acceptors (Lipinski definition) is 6. The Morgan fingerprint density at radius 1 is 1.21 bits per heavy atom. The number of hydrogen-bond donors (Lipinski definition) is 0. The smallest absolute Gasteiger partial charge is 0.433 e. The van der Waals surface area contributed by atoms with Crippen molar-refractivity contribution in [1.82, 2.24) is 0 Å². The second-order valence-corrected chi connectivity index (χ2v) is 5.15. The standard InChI is InChI=1S/C15H11Cl2NO6/c16-11-2-1-3-12(17)15(11)23-9-8-22-14(19)7-5-10-4-6-13(24-10)18(20)21/h1-7H,8-9H2/b7-5+. The van der Waals surface area contributed by atoms with Gasteiger partial charge in [0.05, 0.1) is 16.1 Å². The van der Waals surface area contributed by atoms with E-state index >= 15 is 0 Å². The number of esters is 1. The fourth-order valence-electron chi connectivity index (χ4n) is 1.63. The number of rotatable bonds is 7. The van der Waals surface area contributed by atoms with Crippen molar-refractivity contribution < 1.29 is 23.6 Å². The van der Waals surface area contributed by atoms with E-state index in [4.69, 9.17) is 37.1 Å². The zero-order chi connectivity index (χ0) is 17.5. The third-order valence-electron chi connectivity index (χ3n) is 2.67. The zero-order valence-corrected chi connectivity index (χ0v) is 13.6. The molecule has 0 N–H and O–H groups in total. The van der Waals surface area contributed by atoms with Crippen molar-refractivity contribution in [1.29, 1.82) is 0 Å². The van der Waals surface area contributed by atoms with E-state index in [0.29, 0.717) is 15.8 Å². The molecule has 126 valence electrons. The Balaban J connectivity index is 1.77. The first-order valence-electron chi connectivity index (χ1n) is 6.63. The molecule has 0 aliphatic rings. The van der Waals surface area contributed by atoms with E-state index in [-0.39, 0.29) is 19.0 Å². The molecule has 0 bridgehead atoms. The van der Waals surface area contributed by atoms with Crippen LogP contribution >= 0.6 is 23.2 Å². The fraction of sp³-hybridized carbons (Fsp3) is 0.133. The van der Waals surface area contributed by atoms with Gasteiger partial charge in [-0.3, -0.25) is 10.1 Å². The zero-order valence-electron chi connectivity index (χ0n) is 12.1. The van der Waals surface area contributed by atoms with Crippen molar-refractivity contribution in [3.05, 3.63) is 62.3 Å². The van der Waals surface area contributed by atoms with Crippen molar-refractivity contribution in [3.63, 3.8) is 0 Å². The van der Waals surface area contributed by atoms with Crippen LogP contribution < -0.4 is 4.74 Å². The molecule has 1 aromatic carbocycles. The van der Waals surface area contributed by atoms with Gasteiger partial charge in [-0.1, -0.05) is 29.3 Å². The summed E-state index contributed by atoms with van der Waals surface area (Å²) in [5.74, 6) is -0.580. The monoisotopic (exact) mass is 371 g/mol. The molecule has 9 heteroatoms. The van der Waals surface area contributed by atoms with Crippen LogP contribution in [0.4, 0.5) is 5.88 Å². The van der Waals surface area contributed by atoms with Crippen molar-refractivity contribution >= 4 is 41.1 Å². The van der Waals surface area contributed by atoms with Crippen LogP contribution in [0.3, 0.4) is 0 Å². The van der Waals surface area contributed by atoms with Gasteiger partial charge >= 0.3 is 11.9 Å². The van der Waals surface area contributed by atoms with Gasteiger partial charge in [0.25, 0.3) is 0 Å². The Bertz CT molecular complexity index is 751. The Hall–Kier alpha value is -2.51. The number of para-hydroxylation sites is 1. The SMILES string of the molecule is O=C(/C=C/c1ccc([N+](=O)[O-])o1)OCCOc1c(Cl)cccc1Cl. The van der Waals surface area contributed by atoms with Gasteiger partial charge in [0, 0.05) is 6.08 Å². The van der Waals surface area contributed by atoms with Crippen LogP contribution in [0.5, 0.6) is 5.75 Å². The van der Waals surface area contributed by atoms with Gasteiger partial charge in [-0.25, -0.2) is 4.79 Å². The molecule has 0 aliphatic carbocycles. The summed E-state index contributed by atoms with van der Waals surface area (Å²) in [6.45, 7) is 0.0400. The Morgan fingerprint density at radius 2 is 1.92 bits per heavy atom. The summed E-state index contributed by atoms with van der Waals surface area (Å²) < 4.78 is 15.1. The molecule has 0 unspecified atom stereocenters. The predicted octanol–water partition coefficient (Wildman–Crippen LogP) is 4.13. The van der Waals surface area contributed by atoms with Gasteiger partial charge in [0.2, 0.25) is 0 Å². The number of ether oxygens (including phenoxy) is 2. The summed E-state index contributed by atoms with van der Waals surface area (Å²) in [5.41, 5.74) is 0. The number of carbonyl (C=O) groups excluding carboxylic acids is 1. The highest BCUT2D eigenvalue weighted by Gasteiger charge is 2.10. The fourth-order valence-corrected chi connectivity index (χ4v) is 2.14. The first-order valence-corrected chi connectivity index (χ1v) is 7.39. The van der Waals surface area contributed by atoms with Crippen LogP contribution in [0.2, 0.25) is 10.0 Å². The summed E-state index contributed by atoms with van der Waals surface area (Å²) in [6.07, 6.45) is 2.35. The van der Waals surface area contributed by atoms with Crippen LogP contribution in [0.15, 0.2) is 40.8 Å². The summed E-state index contributed by atoms with van der Waals surface area (Å²) in [7, 11) is 0. The Morgan fingerprint density at radius 3 is 2.54 bits per heavy atom. The first kappa shape index (κ1) is 17.8. The van der Waals surface area contributed by atoms with E-state index in [2.05, 4.69) is 0 Å². The molecule has 0 fully saturated rings. The summed E-state index contributed by atoms with van der Waals surface area (Å²) in [4.78, 5) is 21.3. The first-order chi connectivity index (χ1) is 11.5. The van der Waals surface area contributed by atoms with Gasteiger partial charge in [-0.2, -0.15) is 0 Å². The quantitative estimate of drug-likeness (QED) is 0.239. The Kier molecular flexibility index (Phi) is 6.22. The minimum absolute atomic E-state index is 0.0248. The van der Waals surface area contributed by atoms with E-state index in [9.17, 15) is 14.9 Å². The molecule has 2 aromatic rings. The molecule has 0 radical (unpaired) electrons. The molecule has 0 saturated carbocycles. The highest BCUT2D eigenvalue weighted by Crippen LogP contribution is 2.32. The lowest BCUT2D eigenvalue weighted by Crippen LogP contribution is -2.10. The lowest BCUT2D eigenvalue weighted by molar-refractivity contribution is -0.402. The van der Waals surface area contributed by atoms with Crippen molar-refractivity contribution in [2.45, 2.75) is 0 Å². The highest BCUT2D eigenvalue weighted by molar-refractivity contribution is 6.37. The molecule has 7 nitrogen and oxygen atoms in total. The molecule has 0 aliphatic heterocycles. The number of furan rings is 1. The van der Waals surface area contributed by atoms with Crippen LogP contribution in [0.25, 0.3) is 6.08 Å². The van der Waals surface area contributed by atoms with Crippen molar-refractivity contribution in [3.8, 4) is 5.75 Å². The largest absolute Gasteiger partial charge is 0.487 e. The number of halogens is 2. The number of benzene rings is 1. The van der Waals surface area contributed by atoms with E-state index in [1.165, 1.54) is 18.2 Å². The summed E-state index contributed by atoms with van der Waals surface area (Å²) in [6, 6.07) is 7.48. The van der Waals surface area contributed by atoms with E-state index in [1.807, 2.05) is 0 Å². The third-order valence-corrected chi connectivity index (χ3v) is 3.26. The second-order valence-electron chi connectivity index (χ2n) is 4.33. The average Bonchev–Trinajstić information content (AvgIpc) is 3.01. The highest BCUT2D eigenvalue weighted by atomic mass is 35.5. The van der Waals surface area contributed by atoms with E-state index in [0.717, 1.165) is 6.08 Å². The molecule has 1 heterocycles. The lowest BCUT2D eigenvalue weighted by atomic mass is 10.3. The second kappa shape index (κ2) is 8.37. The van der Waals surface area contributed by atoms with Gasteiger partial charge in [0.1, 0.15) is 23.9 Å². The maximum atomic E-state index is 11.5. The van der Waals surface area contributed by atoms with Crippen molar-refractivity contribution in [2.24, 2.45) is 0 Å². The van der Waals surface area contributed by atoms with Gasteiger partial charge in [0.15, 0.2) is 5.75 Å². The number of nitro groups is 1. The Labute approximate surface area is 146 Å². The maximum Gasteiger partial charge on any atom is 0.433 e. The van der Waals surface area contributed by atoms with Gasteiger partial charge in [-0.05, 0) is 24.3 Å². The topological polar surface area (TPSA) is 91.8 Å². The normalized spacial score (nSPS) is 10.8.